The number of aromatic nitrogens is 2. The Bertz CT molecular complexity index is 623. The lowest BCUT2D eigenvalue weighted by Crippen LogP contribution is -2.27. The maximum atomic E-state index is 9.29. The lowest BCUT2D eigenvalue weighted by atomic mass is 10.1. The van der Waals surface area contributed by atoms with Crippen LogP contribution >= 0.6 is 12.4 Å². The van der Waals surface area contributed by atoms with Crippen LogP contribution in [0.1, 0.15) is 17.3 Å². The molecule has 0 bridgehead atoms. The van der Waals surface area contributed by atoms with Gasteiger partial charge >= 0.3 is 0 Å². The number of aliphatic hydroxyl groups is 1. The van der Waals surface area contributed by atoms with E-state index in [9.17, 15) is 5.11 Å². The second-order valence-corrected chi connectivity index (χ2v) is 4.92. The van der Waals surface area contributed by atoms with Gasteiger partial charge in [-0.25, -0.2) is 0 Å². The molecule has 2 rings (SSSR count). The quantitative estimate of drug-likeness (QED) is 0.682. The molecule has 0 spiro atoms. The standard InChI is InChI=1S/C15H22N4O4.ClH/c1-21-12-3-4-13(22-2)11(7-12)9-19(5-6-20)10-14-17-15(8-16)23-18-14;/h3-4,7,20H,5-6,8-10,16H2,1-2H3;1H. The molecule has 0 fully saturated rings. The SMILES string of the molecule is COc1ccc(OC)c(CN(CCO)Cc2noc(CN)n2)c1.Cl. The van der Waals surface area contributed by atoms with Gasteiger partial charge in [-0.05, 0) is 18.2 Å². The zero-order valence-electron chi connectivity index (χ0n) is 13.8. The average molecular weight is 359 g/mol. The number of nitrogens with two attached hydrogens (primary N) is 1. The third-order valence-corrected chi connectivity index (χ3v) is 3.35. The van der Waals surface area contributed by atoms with Crippen molar-refractivity contribution < 1.29 is 19.1 Å². The van der Waals surface area contributed by atoms with E-state index in [1.807, 2.05) is 23.1 Å². The van der Waals surface area contributed by atoms with Gasteiger partial charge in [0.1, 0.15) is 11.5 Å². The van der Waals surface area contributed by atoms with E-state index in [2.05, 4.69) is 10.1 Å². The molecule has 0 aliphatic carbocycles. The molecule has 0 saturated carbocycles. The fourth-order valence-electron chi connectivity index (χ4n) is 2.24. The second kappa shape index (κ2) is 10.1. The van der Waals surface area contributed by atoms with Crippen LogP contribution in [0.15, 0.2) is 22.7 Å². The van der Waals surface area contributed by atoms with E-state index < -0.39 is 0 Å². The Morgan fingerprint density at radius 1 is 1.25 bits per heavy atom. The molecule has 0 unspecified atom stereocenters. The van der Waals surface area contributed by atoms with E-state index in [1.54, 1.807) is 14.2 Å². The normalized spacial score (nSPS) is 10.5. The molecule has 24 heavy (non-hydrogen) atoms. The van der Waals surface area contributed by atoms with Gasteiger partial charge in [0.15, 0.2) is 5.82 Å². The van der Waals surface area contributed by atoms with E-state index in [-0.39, 0.29) is 25.6 Å². The maximum absolute atomic E-state index is 9.29. The topological polar surface area (TPSA) is 107 Å². The van der Waals surface area contributed by atoms with Gasteiger partial charge in [-0.1, -0.05) is 5.16 Å². The van der Waals surface area contributed by atoms with Crippen LogP contribution in [-0.4, -0.2) is 47.5 Å². The highest BCUT2D eigenvalue weighted by molar-refractivity contribution is 5.85. The molecule has 3 N–H and O–H groups in total. The van der Waals surface area contributed by atoms with Gasteiger partial charge in [0, 0.05) is 18.7 Å². The van der Waals surface area contributed by atoms with Crippen LogP contribution in [0.3, 0.4) is 0 Å². The van der Waals surface area contributed by atoms with Crippen molar-refractivity contribution in [2.24, 2.45) is 5.73 Å². The van der Waals surface area contributed by atoms with Gasteiger partial charge in [0.05, 0.1) is 33.9 Å². The highest BCUT2D eigenvalue weighted by Crippen LogP contribution is 2.25. The molecule has 0 saturated heterocycles. The van der Waals surface area contributed by atoms with Crippen LogP contribution in [0.5, 0.6) is 11.5 Å². The maximum Gasteiger partial charge on any atom is 0.240 e. The largest absolute Gasteiger partial charge is 0.497 e. The second-order valence-electron chi connectivity index (χ2n) is 4.92. The van der Waals surface area contributed by atoms with E-state index in [4.69, 9.17) is 19.7 Å². The minimum Gasteiger partial charge on any atom is -0.497 e. The molecule has 8 nitrogen and oxygen atoms in total. The summed E-state index contributed by atoms with van der Waals surface area (Å²) < 4.78 is 15.6. The predicted octanol–water partition coefficient (Wildman–Crippen LogP) is 0.962. The van der Waals surface area contributed by atoms with Crippen molar-refractivity contribution in [1.82, 2.24) is 15.0 Å². The van der Waals surface area contributed by atoms with E-state index in [0.717, 1.165) is 17.1 Å². The summed E-state index contributed by atoms with van der Waals surface area (Å²) in [6.07, 6.45) is 0. The number of hydrogen-bond acceptors (Lipinski definition) is 8. The number of ether oxygens (including phenoxy) is 2. The Morgan fingerprint density at radius 3 is 2.62 bits per heavy atom. The van der Waals surface area contributed by atoms with Crippen LogP contribution in [0, 0.1) is 0 Å². The van der Waals surface area contributed by atoms with Gasteiger partial charge in [0.25, 0.3) is 0 Å². The first-order valence-electron chi connectivity index (χ1n) is 7.25. The predicted molar refractivity (Wildman–Crippen MR) is 90.2 cm³/mol. The van der Waals surface area contributed by atoms with Crippen molar-refractivity contribution in [1.29, 1.82) is 0 Å². The summed E-state index contributed by atoms with van der Waals surface area (Å²) in [5, 5.41) is 13.2. The molecule has 2 aromatic rings. The molecular weight excluding hydrogens is 336 g/mol. The van der Waals surface area contributed by atoms with Crippen molar-refractivity contribution in [3.63, 3.8) is 0 Å². The highest BCUT2D eigenvalue weighted by Gasteiger charge is 2.14. The first-order valence-corrected chi connectivity index (χ1v) is 7.25. The van der Waals surface area contributed by atoms with Crippen LogP contribution in [-0.2, 0) is 19.6 Å². The lowest BCUT2D eigenvalue weighted by molar-refractivity contribution is 0.178. The Kier molecular flexibility index (Phi) is 8.48. The van der Waals surface area contributed by atoms with Gasteiger partial charge < -0.3 is 24.8 Å². The summed E-state index contributed by atoms with van der Waals surface area (Å²) in [5.74, 6) is 2.42. The molecule has 1 aromatic carbocycles. The number of aliphatic hydroxyl groups excluding tert-OH is 1. The van der Waals surface area contributed by atoms with Crippen molar-refractivity contribution in [3.05, 3.63) is 35.5 Å². The number of halogens is 1. The summed E-state index contributed by atoms with van der Waals surface area (Å²) in [4.78, 5) is 6.18. The summed E-state index contributed by atoms with van der Waals surface area (Å²) in [5.41, 5.74) is 6.41. The highest BCUT2D eigenvalue weighted by atomic mass is 35.5. The molecule has 0 aliphatic heterocycles. The minimum absolute atomic E-state index is 0. The third-order valence-electron chi connectivity index (χ3n) is 3.35. The van der Waals surface area contributed by atoms with Gasteiger partial charge in [-0.15, -0.1) is 12.4 Å². The van der Waals surface area contributed by atoms with Crippen molar-refractivity contribution in [2.45, 2.75) is 19.6 Å². The zero-order chi connectivity index (χ0) is 16.7. The molecule has 0 amide bonds. The molecular formula is C15H23ClN4O4. The van der Waals surface area contributed by atoms with Crippen LogP contribution < -0.4 is 15.2 Å². The van der Waals surface area contributed by atoms with E-state index >= 15 is 0 Å². The van der Waals surface area contributed by atoms with Crippen molar-refractivity contribution in [3.8, 4) is 11.5 Å². The Hall–Kier alpha value is -1.87. The smallest absolute Gasteiger partial charge is 0.240 e. The molecule has 9 heteroatoms. The number of methoxy groups -OCH3 is 2. The Morgan fingerprint density at radius 2 is 2.04 bits per heavy atom. The summed E-state index contributed by atoms with van der Waals surface area (Å²) >= 11 is 0. The lowest BCUT2D eigenvalue weighted by Gasteiger charge is -2.21. The monoisotopic (exact) mass is 358 g/mol. The number of hydrogen-bond donors (Lipinski definition) is 2. The average Bonchev–Trinajstić information content (AvgIpc) is 3.02. The van der Waals surface area contributed by atoms with Gasteiger partial charge in [-0.2, -0.15) is 4.98 Å². The van der Waals surface area contributed by atoms with Gasteiger partial charge in [-0.3, -0.25) is 4.90 Å². The first kappa shape index (κ1) is 20.2. The summed E-state index contributed by atoms with van der Waals surface area (Å²) in [6, 6.07) is 5.60. The minimum atomic E-state index is 0. The zero-order valence-corrected chi connectivity index (χ0v) is 14.6. The van der Waals surface area contributed by atoms with E-state index in [0.29, 0.717) is 31.3 Å². The molecule has 1 aromatic heterocycles. The van der Waals surface area contributed by atoms with Crippen LogP contribution in [0.2, 0.25) is 0 Å². The fraction of sp³-hybridized carbons (Fsp3) is 0.467. The van der Waals surface area contributed by atoms with Gasteiger partial charge in [0.2, 0.25) is 5.89 Å². The van der Waals surface area contributed by atoms with Crippen molar-refractivity contribution in [2.75, 3.05) is 27.4 Å². The Labute approximate surface area is 147 Å². The fourth-order valence-corrected chi connectivity index (χ4v) is 2.24. The molecule has 134 valence electrons. The molecule has 0 aliphatic rings. The first-order chi connectivity index (χ1) is 11.2. The van der Waals surface area contributed by atoms with Crippen LogP contribution in [0.25, 0.3) is 0 Å². The molecule has 1 heterocycles. The number of nitrogens with zero attached hydrogens (tertiary/aromatic N) is 3. The number of rotatable bonds is 9. The van der Waals surface area contributed by atoms with E-state index in [1.165, 1.54) is 0 Å². The number of benzene rings is 1. The summed E-state index contributed by atoms with van der Waals surface area (Å²) in [6.45, 7) is 1.68. The summed E-state index contributed by atoms with van der Waals surface area (Å²) in [7, 11) is 3.24. The van der Waals surface area contributed by atoms with Crippen molar-refractivity contribution >= 4 is 12.4 Å². The Balaban J connectivity index is 0.00000288. The third kappa shape index (κ3) is 5.34. The molecule has 0 radical (unpaired) electrons. The molecule has 0 atom stereocenters. The van der Waals surface area contributed by atoms with Crippen LogP contribution in [0.4, 0.5) is 0 Å².